The summed E-state index contributed by atoms with van der Waals surface area (Å²) >= 11 is 12.7. The Morgan fingerprint density at radius 3 is 2.13 bits per heavy atom. The zero-order chi connectivity index (χ0) is 21.4. The average molecular weight is 460 g/mol. The second kappa shape index (κ2) is 8.84. The summed E-state index contributed by atoms with van der Waals surface area (Å²) < 4.78 is 12.0. The van der Waals surface area contributed by atoms with Crippen LogP contribution in [0.25, 0.3) is 0 Å². The van der Waals surface area contributed by atoms with Crippen LogP contribution in [0.1, 0.15) is 56.6 Å². The number of hydrogen-bond donors (Lipinski definition) is 1. The number of ether oxygens (including phenoxy) is 2. The van der Waals surface area contributed by atoms with Crippen molar-refractivity contribution in [2.45, 2.75) is 64.1 Å². The van der Waals surface area contributed by atoms with E-state index in [2.05, 4.69) is 11.4 Å². The molecule has 4 saturated carbocycles. The van der Waals surface area contributed by atoms with Crippen molar-refractivity contribution in [1.29, 1.82) is 0 Å². The molecule has 0 saturated heterocycles. The molecular formula is C26H31Cl2NO2. The molecule has 3 nitrogen and oxygen atoms in total. The van der Waals surface area contributed by atoms with Gasteiger partial charge >= 0.3 is 0 Å². The van der Waals surface area contributed by atoms with E-state index in [1.807, 2.05) is 37.3 Å². The summed E-state index contributed by atoms with van der Waals surface area (Å²) in [5, 5.41) is 5.39. The minimum atomic E-state index is 0.313. The lowest BCUT2D eigenvalue weighted by atomic mass is 9.53. The monoisotopic (exact) mass is 459 g/mol. The van der Waals surface area contributed by atoms with Crippen molar-refractivity contribution < 1.29 is 9.47 Å². The molecular weight excluding hydrogens is 429 g/mol. The van der Waals surface area contributed by atoms with Crippen LogP contribution in [0.5, 0.6) is 11.5 Å². The largest absolute Gasteiger partial charge is 0.490 e. The van der Waals surface area contributed by atoms with Gasteiger partial charge in [-0.05, 0) is 92.5 Å². The highest BCUT2D eigenvalue weighted by Gasteiger charge is 2.50. The van der Waals surface area contributed by atoms with Gasteiger partial charge < -0.3 is 14.8 Å². The Morgan fingerprint density at radius 1 is 0.903 bits per heavy atom. The standard InChI is InChI=1S/C26H31Cl2NO2/c1-2-30-24-10-21(15-29-26-12-18-7-19(13-26)9-20(8-18)14-26)23(28)11-25(24)31-16-17-3-5-22(27)6-4-17/h3-6,10-11,18-20,29H,2,7-9,12-16H2,1H3. The number of hydrogen-bond acceptors (Lipinski definition) is 3. The molecule has 0 amide bonds. The van der Waals surface area contributed by atoms with Crippen LogP contribution in [-0.2, 0) is 13.2 Å². The van der Waals surface area contributed by atoms with Gasteiger partial charge in [-0.1, -0.05) is 35.3 Å². The van der Waals surface area contributed by atoms with Crippen LogP contribution in [0, 0.1) is 17.8 Å². The number of benzene rings is 2. The minimum absolute atomic E-state index is 0.313. The van der Waals surface area contributed by atoms with E-state index in [4.69, 9.17) is 32.7 Å². The van der Waals surface area contributed by atoms with E-state index in [1.165, 1.54) is 38.5 Å². The highest BCUT2D eigenvalue weighted by molar-refractivity contribution is 6.31. The molecule has 4 aliphatic carbocycles. The maximum absolute atomic E-state index is 6.70. The molecule has 5 heteroatoms. The molecule has 1 N–H and O–H groups in total. The van der Waals surface area contributed by atoms with Crippen molar-refractivity contribution >= 4 is 23.2 Å². The summed E-state index contributed by atoms with van der Waals surface area (Å²) in [5.41, 5.74) is 2.45. The van der Waals surface area contributed by atoms with Gasteiger partial charge in [-0.2, -0.15) is 0 Å². The number of nitrogens with one attached hydrogen (secondary N) is 1. The molecule has 4 bridgehead atoms. The molecule has 2 aromatic carbocycles. The van der Waals surface area contributed by atoms with Gasteiger partial charge in [0.2, 0.25) is 0 Å². The second-order valence-corrected chi connectivity index (χ2v) is 10.6. The van der Waals surface area contributed by atoms with Gasteiger partial charge in [0.15, 0.2) is 11.5 Å². The van der Waals surface area contributed by atoms with Crippen molar-refractivity contribution in [3.05, 3.63) is 57.6 Å². The van der Waals surface area contributed by atoms with Crippen LogP contribution in [-0.4, -0.2) is 12.1 Å². The predicted molar refractivity (Wildman–Crippen MR) is 126 cm³/mol. The van der Waals surface area contributed by atoms with Crippen molar-refractivity contribution in [1.82, 2.24) is 5.32 Å². The highest BCUT2D eigenvalue weighted by Crippen LogP contribution is 2.55. The van der Waals surface area contributed by atoms with Gasteiger partial charge in [0.05, 0.1) is 6.61 Å². The third kappa shape index (κ3) is 4.69. The van der Waals surface area contributed by atoms with Crippen LogP contribution in [0.15, 0.2) is 36.4 Å². The number of halogens is 2. The summed E-state index contributed by atoms with van der Waals surface area (Å²) in [6, 6.07) is 11.6. The SMILES string of the molecule is CCOc1cc(CNC23CC4CC(CC(C4)C2)C3)c(Cl)cc1OCc1ccc(Cl)cc1. The van der Waals surface area contributed by atoms with Crippen molar-refractivity contribution in [3.63, 3.8) is 0 Å². The Bertz CT molecular complexity index is 892. The van der Waals surface area contributed by atoms with Crippen LogP contribution in [0.2, 0.25) is 10.0 Å². The first-order valence-corrected chi connectivity index (χ1v) is 12.3. The van der Waals surface area contributed by atoms with Crippen LogP contribution in [0.3, 0.4) is 0 Å². The minimum Gasteiger partial charge on any atom is -0.490 e. The van der Waals surface area contributed by atoms with Gasteiger partial charge in [-0.25, -0.2) is 0 Å². The van der Waals surface area contributed by atoms with E-state index in [0.29, 0.717) is 24.5 Å². The summed E-state index contributed by atoms with van der Waals surface area (Å²) in [6.07, 6.45) is 8.35. The molecule has 0 radical (unpaired) electrons. The predicted octanol–water partition coefficient (Wildman–Crippen LogP) is 7.03. The van der Waals surface area contributed by atoms with E-state index in [9.17, 15) is 0 Å². The Hall–Kier alpha value is -1.42. The lowest BCUT2D eigenvalue weighted by Crippen LogP contribution is -2.58. The van der Waals surface area contributed by atoms with Gasteiger partial charge in [0.1, 0.15) is 6.61 Å². The zero-order valence-electron chi connectivity index (χ0n) is 18.1. The van der Waals surface area contributed by atoms with Crippen molar-refractivity contribution in [2.24, 2.45) is 17.8 Å². The van der Waals surface area contributed by atoms with Crippen LogP contribution >= 0.6 is 23.2 Å². The van der Waals surface area contributed by atoms with Crippen LogP contribution in [0.4, 0.5) is 0 Å². The normalized spacial score (nSPS) is 28.7. The van der Waals surface area contributed by atoms with E-state index in [0.717, 1.165) is 51.2 Å². The van der Waals surface area contributed by atoms with E-state index < -0.39 is 0 Å². The molecule has 31 heavy (non-hydrogen) atoms. The maximum Gasteiger partial charge on any atom is 0.163 e. The first-order valence-electron chi connectivity index (χ1n) is 11.6. The Morgan fingerprint density at radius 2 is 1.52 bits per heavy atom. The average Bonchev–Trinajstić information content (AvgIpc) is 2.73. The van der Waals surface area contributed by atoms with E-state index >= 15 is 0 Å². The molecule has 0 atom stereocenters. The summed E-state index contributed by atoms with van der Waals surface area (Å²) in [6.45, 7) is 3.80. The molecule has 0 unspecified atom stereocenters. The van der Waals surface area contributed by atoms with Crippen LogP contribution < -0.4 is 14.8 Å². The van der Waals surface area contributed by atoms with Gasteiger partial charge in [-0.3, -0.25) is 0 Å². The fourth-order valence-electron chi connectivity index (χ4n) is 6.45. The van der Waals surface area contributed by atoms with E-state index in [1.54, 1.807) is 0 Å². The zero-order valence-corrected chi connectivity index (χ0v) is 19.6. The molecule has 2 aromatic rings. The molecule has 166 valence electrons. The third-order valence-corrected chi connectivity index (χ3v) is 8.02. The first kappa shape index (κ1) is 21.4. The van der Waals surface area contributed by atoms with Crippen molar-refractivity contribution in [3.8, 4) is 11.5 Å². The fraction of sp³-hybridized carbons (Fsp3) is 0.538. The maximum atomic E-state index is 6.70. The molecule has 4 aliphatic rings. The topological polar surface area (TPSA) is 30.5 Å². The van der Waals surface area contributed by atoms with E-state index in [-0.39, 0.29) is 0 Å². The van der Waals surface area contributed by atoms with Gasteiger partial charge in [0, 0.05) is 28.2 Å². The molecule has 0 aliphatic heterocycles. The van der Waals surface area contributed by atoms with Gasteiger partial charge in [-0.15, -0.1) is 0 Å². The lowest BCUT2D eigenvalue weighted by molar-refractivity contribution is -0.0206. The summed E-state index contributed by atoms with van der Waals surface area (Å²) in [5.74, 6) is 4.22. The fourth-order valence-corrected chi connectivity index (χ4v) is 6.79. The smallest absolute Gasteiger partial charge is 0.163 e. The second-order valence-electron chi connectivity index (χ2n) is 9.79. The highest BCUT2D eigenvalue weighted by atomic mass is 35.5. The molecule has 0 spiro atoms. The Labute approximate surface area is 195 Å². The molecule has 6 rings (SSSR count). The summed E-state index contributed by atoms with van der Waals surface area (Å²) in [7, 11) is 0. The summed E-state index contributed by atoms with van der Waals surface area (Å²) in [4.78, 5) is 0. The molecule has 0 aromatic heterocycles. The Kier molecular flexibility index (Phi) is 6.11. The first-order chi connectivity index (χ1) is 15.0. The quantitative estimate of drug-likeness (QED) is 0.459. The lowest BCUT2D eigenvalue weighted by Gasteiger charge is -2.57. The van der Waals surface area contributed by atoms with Gasteiger partial charge in [0.25, 0.3) is 0 Å². The third-order valence-electron chi connectivity index (χ3n) is 7.41. The Balaban J connectivity index is 1.29. The molecule has 0 heterocycles. The molecule has 4 fully saturated rings. The number of rotatable bonds is 8. The van der Waals surface area contributed by atoms with Crippen molar-refractivity contribution in [2.75, 3.05) is 6.61 Å².